The molecule has 5 aromatic rings. The molecule has 0 unspecified atom stereocenters. The number of hydrogen-bond donors (Lipinski definition) is 0. The summed E-state index contributed by atoms with van der Waals surface area (Å²) in [5.41, 5.74) is 4.82. The zero-order valence-corrected chi connectivity index (χ0v) is 20.8. The quantitative estimate of drug-likeness (QED) is 0.317. The van der Waals surface area contributed by atoms with Gasteiger partial charge in [-0.2, -0.15) is 5.10 Å². The van der Waals surface area contributed by atoms with Crippen molar-refractivity contribution in [3.8, 4) is 16.9 Å². The van der Waals surface area contributed by atoms with E-state index in [1.165, 1.54) is 16.9 Å². The van der Waals surface area contributed by atoms with Crippen molar-refractivity contribution in [3.63, 3.8) is 0 Å². The molecule has 5 rings (SSSR count). The second-order valence-corrected chi connectivity index (χ2v) is 9.13. The number of aromatic nitrogens is 3. The molecule has 0 fully saturated rings. The summed E-state index contributed by atoms with van der Waals surface area (Å²) in [5.74, 6) is 1.45. The van der Waals surface area contributed by atoms with Gasteiger partial charge in [0.25, 0.3) is 5.56 Å². The Morgan fingerprint density at radius 1 is 0.943 bits per heavy atom. The molecule has 35 heavy (non-hydrogen) atoms. The zero-order chi connectivity index (χ0) is 24.5. The maximum atomic E-state index is 13.4. The number of para-hydroxylation sites is 1. The summed E-state index contributed by atoms with van der Waals surface area (Å²) in [6, 6.07) is 21.6. The van der Waals surface area contributed by atoms with Gasteiger partial charge in [0.2, 0.25) is 4.80 Å². The van der Waals surface area contributed by atoms with Crippen LogP contribution in [0.5, 0.6) is 0 Å². The Kier molecular flexibility index (Phi) is 5.96. The van der Waals surface area contributed by atoms with Gasteiger partial charge in [0.1, 0.15) is 11.5 Å². The molecule has 0 radical (unpaired) electrons. The molecular formula is C27H25N5O2S. The minimum absolute atomic E-state index is 0.182. The lowest BCUT2D eigenvalue weighted by atomic mass is 10.1. The van der Waals surface area contributed by atoms with Crippen LogP contribution in [0.3, 0.4) is 0 Å². The molecule has 0 atom stereocenters. The van der Waals surface area contributed by atoms with E-state index in [-0.39, 0.29) is 5.56 Å². The van der Waals surface area contributed by atoms with Gasteiger partial charge in [-0.3, -0.25) is 9.48 Å². The fourth-order valence-corrected chi connectivity index (χ4v) is 4.67. The molecule has 0 N–H and O–H groups in total. The number of thiazole rings is 1. The van der Waals surface area contributed by atoms with E-state index in [1.807, 2.05) is 73.4 Å². The van der Waals surface area contributed by atoms with Crippen molar-refractivity contribution in [2.75, 3.05) is 0 Å². The standard InChI is InChI=1S/C27H25N5O2S/c1-18-10-13-21(14-11-18)24-17-35-27(31(24)28-16-23-15-12-19(2)34-23)29-25-20(3)30(4)32(26(25)33)22-8-6-5-7-9-22/h5-17H,1-4H3. The molecule has 3 heterocycles. The van der Waals surface area contributed by atoms with Crippen LogP contribution in [0.4, 0.5) is 5.69 Å². The smallest absolute Gasteiger partial charge is 0.297 e. The molecular weight excluding hydrogens is 458 g/mol. The highest BCUT2D eigenvalue weighted by molar-refractivity contribution is 7.07. The molecule has 0 aliphatic rings. The summed E-state index contributed by atoms with van der Waals surface area (Å²) in [6.07, 6.45) is 1.66. The summed E-state index contributed by atoms with van der Waals surface area (Å²) >= 11 is 1.43. The predicted octanol–water partition coefficient (Wildman–Crippen LogP) is 5.34. The summed E-state index contributed by atoms with van der Waals surface area (Å²) in [5, 5.41) is 6.69. The first-order valence-electron chi connectivity index (χ1n) is 11.2. The topological polar surface area (TPSA) is 69.7 Å². The molecule has 7 nitrogen and oxygen atoms in total. The van der Waals surface area contributed by atoms with Gasteiger partial charge in [-0.05, 0) is 45.0 Å². The summed E-state index contributed by atoms with van der Waals surface area (Å²) in [4.78, 5) is 18.8. The minimum Gasteiger partial charge on any atom is -0.460 e. The Labute approximate surface area is 206 Å². The van der Waals surface area contributed by atoms with Gasteiger partial charge < -0.3 is 4.42 Å². The third-order valence-corrected chi connectivity index (χ3v) is 6.64. The fraction of sp³-hybridized carbons (Fsp3) is 0.148. The highest BCUT2D eigenvalue weighted by Gasteiger charge is 2.17. The van der Waals surface area contributed by atoms with Crippen LogP contribution >= 0.6 is 11.3 Å². The first-order chi connectivity index (χ1) is 16.9. The molecule has 0 bridgehead atoms. The van der Waals surface area contributed by atoms with Crippen molar-refractivity contribution >= 4 is 23.2 Å². The number of furan rings is 1. The van der Waals surface area contributed by atoms with Gasteiger partial charge >= 0.3 is 0 Å². The molecule has 0 aliphatic carbocycles. The molecule has 0 saturated heterocycles. The van der Waals surface area contributed by atoms with Crippen molar-refractivity contribution in [2.24, 2.45) is 17.1 Å². The van der Waals surface area contributed by atoms with Crippen LogP contribution in [0.2, 0.25) is 0 Å². The predicted molar refractivity (Wildman–Crippen MR) is 140 cm³/mol. The largest absolute Gasteiger partial charge is 0.460 e. The Bertz CT molecular complexity index is 1640. The molecule has 3 aromatic heterocycles. The van der Waals surface area contributed by atoms with Crippen LogP contribution in [0, 0.1) is 20.8 Å². The maximum Gasteiger partial charge on any atom is 0.297 e. The van der Waals surface area contributed by atoms with Gasteiger partial charge in [0.15, 0.2) is 5.69 Å². The molecule has 0 spiro atoms. The third kappa shape index (κ3) is 4.36. The van der Waals surface area contributed by atoms with Gasteiger partial charge in [-0.15, -0.1) is 11.3 Å². The lowest BCUT2D eigenvalue weighted by Crippen LogP contribution is -2.19. The normalized spacial score (nSPS) is 12.2. The molecule has 8 heteroatoms. The van der Waals surface area contributed by atoms with E-state index < -0.39 is 0 Å². The molecule has 0 saturated carbocycles. The minimum atomic E-state index is -0.182. The van der Waals surface area contributed by atoms with Crippen LogP contribution in [-0.2, 0) is 7.05 Å². The number of nitrogens with zero attached hydrogens (tertiary/aromatic N) is 5. The van der Waals surface area contributed by atoms with E-state index in [0.29, 0.717) is 16.2 Å². The average molecular weight is 484 g/mol. The highest BCUT2D eigenvalue weighted by atomic mass is 32.1. The lowest BCUT2D eigenvalue weighted by molar-refractivity contribution is 0.527. The Morgan fingerprint density at radius 3 is 2.37 bits per heavy atom. The van der Waals surface area contributed by atoms with Crippen molar-refractivity contribution < 1.29 is 4.42 Å². The van der Waals surface area contributed by atoms with Gasteiger partial charge in [-0.25, -0.2) is 14.4 Å². The van der Waals surface area contributed by atoms with Crippen molar-refractivity contribution in [2.45, 2.75) is 20.8 Å². The van der Waals surface area contributed by atoms with E-state index in [4.69, 9.17) is 14.5 Å². The fourth-order valence-electron chi connectivity index (χ4n) is 3.83. The van der Waals surface area contributed by atoms with Crippen molar-refractivity contribution in [1.29, 1.82) is 0 Å². The first kappa shape index (κ1) is 22.6. The summed E-state index contributed by atoms with van der Waals surface area (Å²) in [6.45, 7) is 5.84. The van der Waals surface area contributed by atoms with Crippen LogP contribution in [0.1, 0.15) is 22.8 Å². The van der Waals surface area contributed by atoms with Crippen LogP contribution in [-0.4, -0.2) is 20.3 Å². The summed E-state index contributed by atoms with van der Waals surface area (Å²) < 4.78 is 10.9. The number of aryl methyl sites for hydroxylation is 2. The Hall–Kier alpha value is -4.17. The van der Waals surface area contributed by atoms with Gasteiger partial charge in [0, 0.05) is 18.0 Å². The molecule has 0 aliphatic heterocycles. The van der Waals surface area contributed by atoms with E-state index >= 15 is 0 Å². The number of benzene rings is 2. The highest BCUT2D eigenvalue weighted by Crippen LogP contribution is 2.22. The molecule has 0 amide bonds. The second-order valence-electron chi connectivity index (χ2n) is 8.30. The van der Waals surface area contributed by atoms with Crippen molar-refractivity contribution in [1.82, 2.24) is 14.0 Å². The number of rotatable bonds is 5. The summed E-state index contributed by atoms with van der Waals surface area (Å²) in [7, 11) is 1.86. The SMILES string of the molecule is Cc1ccc(-c2csc(=Nc3c(C)n(C)n(-c4ccccc4)c3=O)n2N=Cc2ccc(C)o2)cc1. The van der Waals surface area contributed by atoms with Crippen molar-refractivity contribution in [3.05, 3.63) is 110 Å². The van der Waals surface area contributed by atoms with Crippen LogP contribution in [0.25, 0.3) is 16.9 Å². The Morgan fingerprint density at radius 2 is 1.69 bits per heavy atom. The van der Waals surface area contributed by atoms with E-state index in [9.17, 15) is 4.79 Å². The number of hydrogen-bond acceptors (Lipinski definition) is 5. The van der Waals surface area contributed by atoms with E-state index in [0.717, 1.165) is 28.4 Å². The maximum absolute atomic E-state index is 13.4. The molecule has 2 aromatic carbocycles. The first-order valence-corrected chi connectivity index (χ1v) is 12.1. The lowest BCUT2D eigenvalue weighted by Gasteiger charge is -2.07. The zero-order valence-electron chi connectivity index (χ0n) is 20.0. The monoisotopic (exact) mass is 483 g/mol. The average Bonchev–Trinajstić information content (AvgIpc) is 3.52. The van der Waals surface area contributed by atoms with Crippen LogP contribution in [0.15, 0.2) is 91.4 Å². The van der Waals surface area contributed by atoms with Gasteiger partial charge in [-0.1, -0.05) is 48.0 Å². The second kappa shape index (κ2) is 9.23. The Balaban J connectivity index is 1.69. The van der Waals surface area contributed by atoms with Gasteiger partial charge in [0.05, 0.1) is 23.3 Å². The van der Waals surface area contributed by atoms with Crippen LogP contribution < -0.4 is 10.4 Å². The molecule has 176 valence electrons. The third-order valence-electron chi connectivity index (χ3n) is 5.83. The van der Waals surface area contributed by atoms with E-state index in [2.05, 4.69) is 31.2 Å². The van der Waals surface area contributed by atoms with E-state index in [1.54, 1.807) is 15.6 Å².